The van der Waals surface area contributed by atoms with Crippen molar-refractivity contribution in [2.45, 2.75) is 97.0 Å². The summed E-state index contributed by atoms with van der Waals surface area (Å²) in [7, 11) is -4.74. The van der Waals surface area contributed by atoms with E-state index in [0.717, 1.165) is 57.1 Å². The molecule has 0 unspecified atom stereocenters. The Morgan fingerprint density at radius 1 is 0.844 bits per heavy atom. The zero-order valence-electron chi connectivity index (χ0n) is 19.3. The van der Waals surface area contributed by atoms with Crippen molar-refractivity contribution in [1.29, 1.82) is 0 Å². The first-order valence-corrected chi connectivity index (χ1v) is 13.8. The molecule has 0 bridgehead atoms. The lowest BCUT2D eigenvalue weighted by atomic mass is 10.1. The molecule has 0 rings (SSSR count). The van der Waals surface area contributed by atoms with Crippen LogP contribution in [0.4, 0.5) is 0 Å². The summed E-state index contributed by atoms with van der Waals surface area (Å²) in [5, 5.41) is 0.120. The average molecular weight is 499 g/mol. The number of thioether (sulfide) groups is 1. The topological polar surface area (TPSA) is 136 Å². The summed E-state index contributed by atoms with van der Waals surface area (Å²) < 4.78 is 25.7. The molecule has 1 atom stereocenters. The molecule has 0 aromatic carbocycles. The third-order valence-corrected chi connectivity index (χ3v) is 5.86. The summed E-state index contributed by atoms with van der Waals surface area (Å²) in [5.41, 5.74) is 0. The maximum atomic E-state index is 12.0. The van der Waals surface area contributed by atoms with Crippen molar-refractivity contribution in [3.05, 3.63) is 0 Å². The van der Waals surface area contributed by atoms with Crippen LogP contribution in [0.5, 0.6) is 0 Å². The SMILES string of the molecule is CCCCCCCC(=O)O[C@@H](COC(=O)CCCCCCCSC(C)=O)COP(=O)(O)O. The number of hydrogen-bond donors (Lipinski definition) is 2. The monoisotopic (exact) mass is 498 g/mol. The van der Waals surface area contributed by atoms with Crippen LogP contribution < -0.4 is 0 Å². The molecule has 0 heterocycles. The predicted octanol–water partition coefficient (Wildman–Crippen LogP) is 4.53. The molecule has 0 aliphatic heterocycles. The standard InChI is InChI=1S/C21H39O9PS/c1-3-4-5-7-11-14-21(24)30-19(17-29-31(25,26)27)16-28-20(23)13-10-8-6-9-12-15-32-18(2)22/h19H,3-17H2,1-2H3,(H2,25,26,27)/t19-/m0/s1. The normalized spacial score (nSPS) is 12.4. The fraction of sp³-hybridized carbons (Fsp3) is 0.857. The number of rotatable bonds is 20. The molecule has 2 N–H and O–H groups in total. The van der Waals surface area contributed by atoms with Gasteiger partial charge in [0.15, 0.2) is 11.2 Å². The number of phosphoric acid groups is 1. The van der Waals surface area contributed by atoms with Gasteiger partial charge in [0, 0.05) is 25.5 Å². The summed E-state index contributed by atoms with van der Waals surface area (Å²) in [5.74, 6) is -0.166. The second-order valence-corrected chi connectivity index (χ2v) is 10.1. The Morgan fingerprint density at radius 3 is 2.00 bits per heavy atom. The molecule has 9 nitrogen and oxygen atoms in total. The Hall–Kier alpha value is -0.930. The molecule has 0 aliphatic rings. The molecule has 32 heavy (non-hydrogen) atoms. The first kappa shape index (κ1) is 31.1. The molecule has 0 spiro atoms. The number of carbonyl (C=O) groups is 3. The van der Waals surface area contributed by atoms with Crippen molar-refractivity contribution < 1.29 is 42.7 Å². The molecule has 11 heteroatoms. The number of esters is 2. The van der Waals surface area contributed by atoms with Gasteiger partial charge in [0.05, 0.1) is 6.61 Å². The lowest BCUT2D eigenvalue weighted by molar-refractivity contribution is -0.161. The van der Waals surface area contributed by atoms with Gasteiger partial charge in [-0.3, -0.25) is 18.9 Å². The van der Waals surface area contributed by atoms with Crippen LogP contribution >= 0.6 is 19.6 Å². The van der Waals surface area contributed by atoms with Crippen molar-refractivity contribution in [2.24, 2.45) is 0 Å². The van der Waals surface area contributed by atoms with E-state index in [1.807, 2.05) is 0 Å². The van der Waals surface area contributed by atoms with E-state index in [9.17, 15) is 18.9 Å². The molecule has 0 saturated heterocycles. The maximum Gasteiger partial charge on any atom is 0.469 e. The summed E-state index contributed by atoms with van der Waals surface area (Å²) in [4.78, 5) is 52.5. The first-order valence-electron chi connectivity index (χ1n) is 11.3. The van der Waals surface area contributed by atoms with Gasteiger partial charge in [-0.2, -0.15) is 0 Å². The van der Waals surface area contributed by atoms with Crippen molar-refractivity contribution in [3.63, 3.8) is 0 Å². The number of phosphoric ester groups is 1. The minimum absolute atomic E-state index is 0.120. The predicted molar refractivity (Wildman–Crippen MR) is 123 cm³/mol. The highest BCUT2D eigenvalue weighted by molar-refractivity contribution is 8.13. The van der Waals surface area contributed by atoms with Gasteiger partial charge in [0.1, 0.15) is 6.61 Å². The molecular formula is C21H39O9PS. The van der Waals surface area contributed by atoms with Crippen LogP contribution in [0.3, 0.4) is 0 Å². The van der Waals surface area contributed by atoms with Crippen LogP contribution in [0.1, 0.15) is 90.9 Å². The van der Waals surface area contributed by atoms with Gasteiger partial charge < -0.3 is 19.3 Å². The van der Waals surface area contributed by atoms with Gasteiger partial charge in [-0.1, -0.05) is 63.6 Å². The quantitative estimate of drug-likeness (QED) is 0.140. The largest absolute Gasteiger partial charge is 0.469 e. The Balaban J connectivity index is 4.15. The van der Waals surface area contributed by atoms with Gasteiger partial charge in [-0.05, 0) is 19.3 Å². The van der Waals surface area contributed by atoms with Gasteiger partial charge in [0.2, 0.25) is 0 Å². The second-order valence-electron chi connectivity index (χ2n) is 7.60. The van der Waals surface area contributed by atoms with Crippen molar-refractivity contribution in [1.82, 2.24) is 0 Å². The van der Waals surface area contributed by atoms with Crippen LogP contribution in [0, 0.1) is 0 Å². The minimum atomic E-state index is -4.74. The molecule has 0 amide bonds. The molecule has 0 aromatic heterocycles. The highest BCUT2D eigenvalue weighted by Gasteiger charge is 2.22. The van der Waals surface area contributed by atoms with Crippen molar-refractivity contribution >= 4 is 36.6 Å². The zero-order chi connectivity index (χ0) is 24.2. The van der Waals surface area contributed by atoms with Crippen LogP contribution in [0.15, 0.2) is 0 Å². The number of ether oxygens (including phenoxy) is 2. The Bertz CT molecular complexity index is 580. The summed E-state index contributed by atoms with van der Waals surface area (Å²) >= 11 is 1.32. The fourth-order valence-corrected chi connectivity index (χ4v) is 3.79. The molecule has 0 aliphatic carbocycles. The van der Waals surface area contributed by atoms with E-state index in [0.29, 0.717) is 12.8 Å². The number of unbranched alkanes of at least 4 members (excludes halogenated alkanes) is 8. The average Bonchev–Trinajstić information content (AvgIpc) is 2.71. The van der Waals surface area contributed by atoms with Crippen molar-refractivity contribution in [3.8, 4) is 0 Å². The van der Waals surface area contributed by atoms with Gasteiger partial charge in [0.25, 0.3) is 0 Å². The third-order valence-electron chi connectivity index (χ3n) is 4.47. The zero-order valence-corrected chi connectivity index (χ0v) is 21.0. The van der Waals surface area contributed by atoms with E-state index in [1.165, 1.54) is 11.8 Å². The summed E-state index contributed by atoms with van der Waals surface area (Å²) in [6.07, 6.45) is 8.53. The first-order chi connectivity index (χ1) is 15.1. The Kier molecular flexibility index (Phi) is 19.0. The molecule has 0 aromatic rings. The van der Waals surface area contributed by atoms with Gasteiger partial charge in [-0.15, -0.1) is 0 Å². The van der Waals surface area contributed by atoms with Crippen LogP contribution in [-0.4, -0.2) is 51.9 Å². The maximum absolute atomic E-state index is 12.0. The van der Waals surface area contributed by atoms with E-state index < -0.39 is 32.5 Å². The smallest absolute Gasteiger partial charge is 0.462 e. The van der Waals surface area contributed by atoms with E-state index in [1.54, 1.807) is 6.92 Å². The number of hydrogen-bond acceptors (Lipinski definition) is 8. The van der Waals surface area contributed by atoms with Gasteiger partial charge >= 0.3 is 19.8 Å². The highest BCUT2D eigenvalue weighted by Crippen LogP contribution is 2.35. The van der Waals surface area contributed by atoms with E-state index >= 15 is 0 Å². The molecule has 188 valence electrons. The lowest BCUT2D eigenvalue weighted by Gasteiger charge is -2.18. The molecule has 0 saturated carbocycles. The van der Waals surface area contributed by atoms with Gasteiger partial charge in [-0.25, -0.2) is 4.57 Å². The van der Waals surface area contributed by atoms with E-state index in [-0.39, 0.29) is 24.6 Å². The number of carbonyl (C=O) groups excluding carboxylic acids is 3. The Labute approximate surface area is 195 Å². The van der Waals surface area contributed by atoms with Crippen LogP contribution in [0.2, 0.25) is 0 Å². The summed E-state index contributed by atoms with van der Waals surface area (Å²) in [6, 6.07) is 0. The minimum Gasteiger partial charge on any atom is -0.462 e. The molecule has 0 fully saturated rings. The van der Waals surface area contributed by atoms with E-state index in [2.05, 4.69) is 11.4 Å². The third kappa shape index (κ3) is 22.3. The lowest BCUT2D eigenvalue weighted by Crippen LogP contribution is -2.29. The molecular weight excluding hydrogens is 459 g/mol. The summed E-state index contributed by atoms with van der Waals surface area (Å²) in [6.45, 7) is 2.77. The Morgan fingerprint density at radius 2 is 1.41 bits per heavy atom. The fourth-order valence-electron chi connectivity index (χ4n) is 2.79. The van der Waals surface area contributed by atoms with Crippen LogP contribution in [0.25, 0.3) is 0 Å². The highest BCUT2D eigenvalue weighted by atomic mass is 32.2. The van der Waals surface area contributed by atoms with Crippen molar-refractivity contribution in [2.75, 3.05) is 19.0 Å². The van der Waals surface area contributed by atoms with E-state index in [4.69, 9.17) is 19.3 Å². The molecule has 0 radical (unpaired) electrons. The second kappa shape index (κ2) is 19.5. The van der Waals surface area contributed by atoms with Crippen LogP contribution in [-0.2, 0) is 32.9 Å².